The first kappa shape index (κ1) is 15.5. The van der Waals surface area contributed by atoms with Gasteiger partial charge in [0.05, 0.1) is 28.4 Å². The van der Waals surface area contributed by atoms with Crippen LogP contribution in [0.4, 0.5) is 0 Å². The fourth-order valence-corrected chi connectivity index (χ4v) is 3.11. The highest BCUT2D eigenvalue weighted by Gasteiger charge is 2.26. The topological polar surface area (TPSA) is 47.4 Å². The van der Waals surface area contributed by atoms with E-state index in [0.717, 1.165) is 42.6 Å². The molecule has 1 aromatic heterocycles. The zero-order chi connectivity index (χ0) is 14.7. The molecule has 0 saturated carbocycles. The summed E-state index contributed by atoms with van der Waals surface area (Å²) in [7, 11) is 1.97. The fourth-order valence-electron chi connectivity index (χ4n) is 2.65. The first-order chi connectivity index (χ1) is 9.52. The van der Waals surface area contributed by atoms with Gasteiger partial charge in [0.15, 0.2) is 0 Å². The summed E-state index contributed by atoms with van der Waals surface area (Å²) in [6.07, 6.45) is 1.76. The van der Waals surface area contributed by atoms with Gasteiger partial charge in [0.25, 0.3) is 0 Å². The molecule has 0 aliphatic carbocycles. The number of aromatic nitrogens is 2. The third kappa shape index (κ3) is 3.41. The fraction of sp³-hybridized carbons (Fsp3) is 0.714. The van der Waals surface area contributed by atoms with Crippen molar-refractivity contribution in [3.63, 3.8) is 0 Å². The van der Waals surface area contributed by atoms with E-state index in [9.17, 15) is 4.79 Å². The van der Waals surface area contributed by atoms with Gasteiger partial charge in [-0.25, -0.2) is 0 Å². The zero-order valence-corrected chi connectivity index (χ0v) is 13.9. The normalized spacial score (nSPS) is 17.4. The maximum Gasteiger partial charge on any atom is 0.309 e. The molecule has 0 spiro atoms. The van der Waals surface area contributed by atoms with Crippen LogP contribution < -0.4 is 0 Å². The number of aryl methyl sites for hydroxylation is 2. The molecule has 0 aromatic carbocycles. The molecule has 1 aromatic rings. The third-order valence-electron chi connectivity index (χ3n) is 3.84. The highest BCUT2D eigenvalue weighted by atomic mass is 79.9. The predicted molar refractivity (Wildman–Crippen MR) is 80.3 cm³/mol. The minimum atomic E-state index is -0.0373. The molecule has 112 valence electrons. The lowest BCUT2D eigenvalue weighted by atomic mass is 9.97. The molecule has 1 saturated heterocycles. The van der Waals surface area contributed by atoms with E-state index in [0.29, 0.717) is 6.61 Å². The van der Waals surface area contributed by atoms with Crippen LogP contribution in [0.25, 0.3) is 0 Å². The number of nitrogens with zero attached hydrogens (tertiary/aromatic N) is 3. The maximum absolute atomic E-state index is 11.7. The van der Waals surface area contributed by atoms with Gasteiger partial charge in [0.1, 0.15) is 0 Å². The van der Waals surface area contributed by atoms with Crippen LogP contribution in [0.2, 0.25) is 0 Å². The quantitative estimate of drug-likeness (QED) is 0.787. The number of carbonyl (C=O) groups excluding carboxylic acids is 1. The van der Waals surface area contributed by atoms with Gasteiger partial charge in [-0.15, -0.1) is 0 Å². The average molecular weight is 344 g/mol. The molecule has 0 amide bonds. The van der Waals surface area contributed by atoms with Crippen LogP contribution in [0.5, 0.6) is 0 Å². The van der Waals surface area contributed by atoms with Gasteiger partial charge < -0.3 is 4.74 Å². The highest BCUT2D eigenvalue weighted by molar-refractivity contribution is 9.10. The van der Waals surface area contributed by atoms with E-state index in [-0.39, 0.29) is 11.9 Å². The lowest BCUT2D eigenvalue weighted by molar-refractivity contribution is -0.149. The Bertz CT molecular complexity index is 479. The molecule has 2 rings (SSSR count). The van der Waals surface area contributed by atoms with E-state index < -0.39 is 0 Å². The SMILES string of the molecule is CCOC(=O)C1CCN(Cc2c(Br)c(C)nn2C)CC1. The van der Waals surface area contributed by atoms with E-state index in [2.05, 4.69) is 25.9 Å². The Morgan fingerprint density at radius 3 is 2.60 bits per heavy atom. The zero-order valence-electron chi connectivity index (χ0n) is 12.4. The molecular weight excluding hydrogens is 322 g/mol. The van der Waals surface area contributed by atoms with Crippen LogP contribution in [0, 0.1) is 12.8 Å². The Hall–Kier alpha value is -0.880. The van der Waals surface area contributed by atoms with Crippen molar-refractivity contribution in [3.05, 3.63) is 15.9 Å². The number of esters is 1. The lowest BCUT2D eigenvalue weighted by Crippen LogP contribution is -2.37. The first-order valence-corrected chi connectivity index (χ1v) is 7.89. The molecule has 2 heterocycles. The standard InChI is InChI=1S/C14H22BrN3O2/c1-4-20-14(19)11-5-7-18(8-6-11)9-12-13(15)10(2)16-17(12)3/h11H,4-9H2,1-3H3. The van der Waals surface area contributed by atoms with Crippen molar-refractivity contribution < 1.29 is 9.53 Å². The second kappa shape index (κ2) is 6.72. The molecular formula is C14H22BrN3O2. The summed E-state index contributed by atoms with van der Waals surface area (Å²) >= 11 is 3.60. The van der Waals surface area contributed by atoms with E-state index in [4.69, 9.17) is 4.74 Å². The van der Waals surface area contributed by atoms with Gasteiger partial charge in [-0.05, 0) is 55.7 Å². The largest absolute Gasteiger partial charge is 0.466 e. The van der Waals surface area contributed by atoms with Crippen molar-refractivity contribution in [3.8, 4) is 0 Å². The summed E-state index contributed by atoms with van der Waals surface area (Å²) in [5.74, 6) is 0.0348. The number of likely N-dealkylation sites (tertiary alicyclic amines) is 1. The van der Waals surface area contributed by atoms with Gasteiger partial charge in [-0.2, -0.15) is 5.10 Å². The van der Waals surface area contributed by atoms with Crippen LogP contribution in [0.3, 0.4) is 0 Å². The first-order valence-electron chi connectivity index (χ1n) is 7.09. The van der Waals surface area contributed by atoms with Crippen LogP contribution in [0.1, 0.15) is 31.2 Å². The number of piperidine rings is 1. The Balaban J connectivity index is 1.90. The molecule has 0 atom stereocenters. The lowest BCUT2D eigenvalue weighted by Gasteiger charge is -2.30. The Morgan fingerprint density at radius 1 is 1.45 bits per heavy atom. The molecule has 1 aliphatic heterocycles. The molecule has 0 radical (unpaired) electrons. The molecule has 6 heteroatoms. The number of halogens is 1. The monoisotopic (exact) mass is 343 g/mol. The molecule has 5 nitrogen and oxygen atoms in total. The summed E-state index contributed by atoms with van der Waals surface area (Å²) in [5, 5.41) is 4.41. The van der Waals surface area contributed by atoms with E-state index >= 15 is 0 Å². The summed E-state index contributed by atoms with van der Waals surface area (Å²) in [4.78, 5) is 14.1. The number of hydrogen-bond donors (Lipinski definition) is 0. The minimum Gasteiger partial charge on any atom is -0.466 e. The van der Waals surface area contributed by atoms with Crippen molar-refractivity contribution in [1.82, 2.24) is 14.7 Å². The predicted octanol–water partition coefficient (Wildman–Crippen LogP) is 2.27. The van der Waals surface area contributed by atoms with Crippen LogP contribution in [-0.2, 0) is 23.1 Å². The van der Waals surface area contributed by atoms with Crippen molar-refractivity contribution in [1.29, 1.82) is 0 Å². The van der Waals surface area contributed by atoms with Crippen molar-refractivity contribution in [2.75, 3.05) is 19.7 Å². The maximum atomic E-state index is 11.7. The molecule has 0 bridgehead atoms. The Labute approximate surface area is 128 Å². The van der Waals surface area contributed by atoms with Crippen molar-refractivity contribution in [2.45, 2.75) is 33.2 Å². The van der Waals surface area contributed by atoms with Gasteiger partial charge >= 0.3 is 5.97 Å². The van der Waals surface area contributed by atoms with E-state index in [1.807, 2.05) is 25.6 Å². The van der Waals surface area contributed by atoms with Gasteiger partial charge in [0, 0.05) is 13.6 Å². The number of rotatable bonds is 4. The van der Waals surface area contributed by atoms with Crippen LogP contribution in [0.15, 0.2) is 4.47 Å². The number of ether oxygens (including phenoxy) is 1. The van der Waals surface area contributed by atoms with E-state index in [1.165, 1.54) is 5.69 Å². The van der Waals surface area contributed by atoms with Gasteiger partial charge in [0.2, 0.25) is 0 Å². The molecule has 20 heavy (non-hydrogen) atoms. The van der Waals surface area contributed by atoms with Crippen molar-refractivity contribution in [2.24, 2.45) is 13.0 Å². The molecule has 1 fully saturated rings. The van der Waals surface area contributed by atoms with Crippen LogP contribution >= 0.6 is 15.9 Å². The summed E-state index contributed by atoms with van der Waals surface area (Å²) in [6, 6.07) is 0. The Kier molecular flexibility index (Phi) is 5.21. The van der Waals surface area contributed by atoms with Gasteiger partial charge in [-0.1, -0.05) is 0 Å². The molecule has 0 N–H and O–H groups in total. The minimum absolute atomic E-state index is 0.0373. The summed E-state index contributed by atoms with van der Waals surface area (Å²) in [6.45, 7) is 7.06. The van der Waals surface area contributed by atoms with Gasteiger partial charge in [-0.3, -0.25) is 14.4 Å². The smallest absolute Gasteiger partial charge is 0.309 e. The highest BCUT2D eigenvalue weighted by Crippen LogP contribution is 2.25. The Morgan fingerprint density at radius 2 is 2.10 bits per heavy atom. The summed E-state index contributed by atoms with van der Waals surface area (Å²) in [5.41, 5.74) is 2.21. The average Bonchev–Trinajstić information content (AvgIpc) is 2.66. The second-order valence-electron chi connectivity index (χ2n) is 5.27. The van der Waals surface area contributed by atoms with Crippen molar-refractivity contribution >= 4 is 21.9 Å². The third-order valence-corrected chi connectivity index (χ3v) is 4.87. The number of carbonyl (C=O) groups is 1. The number of hydrogen-bond acceptors (Lipinski definition) is 4. The summed E-state index contributed by atoms with van der Waals surface area (Å²) < 4.78 is 8.12. The molecule has 1 aliphatic rings. The van der Waals surface area contributed by atoms with E-state index in [1.54, 1.807) is 0 Å². The molecule has 0 unspecified atom stereocenters. The second-order valence-corrected chi connectivity index (χ2v) is 6.07. The van der Waals surface area contributed by atoms with Crippen LogP contribution in [-0.4, -0.2) is 40.3 Å².